The number of carbonyl (C=O) groups excluding carboxylic acids is 1. The van der Waals surface area contributed by atoms with Gasteiger partial charge in [0.2, 0.25) is 5.91 Å². The summed E-state index contributed by atoms with van der Waals surface area (Å²) in [7, 11) is 0. The van der Waals surface area contributed by atoms with Crippen molar-refractivity contribution in [1.82, 2.24) is 15.0 Å². The van der Waals surface area contributed by atoms with E-state index in [0.29, 0.717) is 0 Å². The van der Waals surface area contributed by atoms with Gasteiger partial charge < -0.3 is 5.73 Å². The summed E-state index contributed by atoms with van der Waals surface area (Å²) >= 11 is 1.55. The predicted octanol–water partition coefficient (Wildman–Crippen LogP) is 3.96. The zero-order valence-corrected chi connectivity index (χ0v) is 15.2. The minimum atomic E-state index is -0.356. The van der Waals surface area contributed by atoms with Crippen LogP contribution in [-0.4, -0.2) is 20.9 Å². The molecule has 0 saturated heterocycles. The average molecular weight is 372 g/mol. The van der Waals surface area contributed by atoms with Gasteiger partial charge in [-0.05, 0) is 47.0 Å². The molecule has 0 bridgehead atoms. The maximum atomic E-state index is 11.4. The fraction of sp³-hybridized carbons (Fsp3) is 0.0476. The number of rotatable bonds is 5. The van der Waals surface area contributed by atoms with E-state index in [9.17, 15) is 4.79 Å². The average Bonchev–Trinajstić information content (AvgIpc) is 3.19. The molecule has 0 aliphatic rings. The van der Waals surface area contributed by atoms with E-state index in [1.807, 2.05) is 53.9 Å². The van der Waals surface area contributed by atoms with Crippen molar-refractivity contribution >= 4 is 17.2 Å². The number of nitrogens with two attached hydrogens (primary N) is 1. The minimum Gasteiger partial charge on any atom is -0.369 e. The number of nitrogens with zero attached hydrogens (tertiary/aromatic N) is 3. The number of pyridine rings is 2. The van der Waals surface area contributed by atoms with Gasteiger partial charge in [-0.15, -0.1) is 11.3 Å². The zero-order valence-electron chi connectivity index (χ0n) is 14.4. The summed E-state index contributed by atoms with van der Waals surface area (Å²) in [6.45, 7) is 0. The molecule has 5 nitrogen and oxygen atoms in total. The molecule has 0 spiro atoms. The Morgan fingerprint density at radius 1 is 0.963 bits per heavy atom. The van der Waals surface area contributed by atoms with Crippen LogP contribution in [-0.2, 0) is 11.2 Å². The molecular weight excluding hydrogens is 356 g/mol. The highest BCUT2D eigenvalue weighted by atomic mass is 32.1. The van der Waals surface area contributed by atoms with Crippen molar-refractivity contribution in [1.29, 1.82) is 0 Å². The number of benzene rings is 1. The first-order valence-electron chi connectivity index (χ1n) is 8.39. The third-order valence-electron chi connectivity index (χ3n) is 4.12. The number of amides is 1. The molecule has 0 unspecified atom stereocenters. The summed E-state index contributed by atoms with van der Waals surface area (Å²) < 4.78 is 0. The van der Waals surface area contributed by atoms with Gasteiger partial charge in [-0.2, -0.15) is 0 Å². The van der Waals surface area contributed by atoms with Crippen LogP contribution in [0.15, 0.2) is 72.5 Å². The van der Waals surface area contributed by atoms with E-state index < -0.39 is 0 Å². The summed E-state index contributed by atoms with van der Waals surface area (Å²) in [5, 5.41) is 2.86. The van der Waals surface area contributed by atoms with E-state index >= 15 is 0 Å². The van der Waals surface area contributed by atoms with Crippen LogP contribution in [0.4, 0.5) is 0 Å². The zero-order chi connectivity index (χ0) is 18.6. The van der Waals surface area contributed by atoms with Gasteiger partial charge in [0.05, 0.1) is 12.1 Å². The second-order valence-electron chi connectivity index (χ2n) is 6.01. The monoisotopic (exact) mass is 372 g/mol. The van der Waals surface area contributed by atoms with Gasteiger partial charge in [-0.1, -0.05) is 18.2 Å². The molecule has 3 aromatic heterocycles. The Kier molecular flexibility index (Phi) is 4.72. The predicted molar refractivity (Wildman–Crippen MR) is 107 cm³/mol. The number of thiazole rings is 1. The highest BCUT2D eigenvalue weighted by molar-refractivity contribution is 7.13. The van der Waals surface area contributed by atoms with E-state index in [2.05, 4.69) is 9.97 Å². The Hall–Kier alpha value is -3.38. The van der Waals surface area contributed by atoms with Crippen molar-refractivity contribution in [2.24, 2.45) is 5.73 Å². The maximum Gasteiger partial charge on any atom is 0.221 e. The van der Waals surface area contributed by atoms with Gasteiger partial charge >= 0.3 is 0 Å². The highest BCUT2D eigenvalue weighted by Gasteiger charge is 2.14. The van der Waals surface area contributed by atoms with Crippen molar-refractivity contribution in [2.45, 2.75) is 6.42 Å². The second kappa shape index (κ2) is 7.47. The lowest BCUT2D eigenvalue weighted by Crippen LogP contribution is -2.13. The van der Waals surface area contributed by atoms with Crippen LogP contribution in [0.5, 0.6) is 0 Å². The molecule has 0 saturated carbocycles. The largest absolute Gasteiger partial charge is 0.369 e. The van der Waals surface area contributed by atoms with E-state index in [4.69, 9.17) is 10.7 Å². The second-order valence-corrected chi connectivity index (χ2v) is 6.87. The standard InChI is InChI=1S/C21H16N4OS/c22-20(26)12-14-4-5-16(15-6-9-23-10-7-15)17(11-14)21-25-19(13-27-21)18-3-1-2-8-24-18/h1-11,13H,12H2,(H2,22,26). The van der Waals surface area contributed by atoms with E-state index in [0.717, 1.165) is 38.6 Å². The molecule has 1 amide bonds. The number of aromatic nitrogens is 3. The first kappa shape index (κ1) is 17.1. The van der Waals surface area contributed by atoms with Crippen molar-refractivity contribution in [3.8, 4) is 33.1 Å². The Labute approximate surface area is 160 Å². The third kappa shape index (κ3) is 3.75. The van der Waals surface area contributed by atoms with Gasteiger partial charge in [0.15, 0.2) is 0 Å². The SMILES string of the molecule is NC(=O)Cc1ccc(-c2ccncc2)c(-c2nc(-c3ccccn3)cs2)c1. The van der Waals surface area contributed by atoms with Crippen molar-refractivity contribution in [3.63, 3.8) is 0 Å². The van der Waals surface area contributed by atoms with E-state index in [1.54, 1.807) is 29.9 Å². The Morgan fingerprint density at radius 2 is 1.81 bits per heavy atom. The van der Waals surface area contributed by atoms with Crippen molar-refractivity contribution < 1.29 is 4.79 Å². The van der Waals surface area contributed by atoms with Gasteiger partial charge in [0, 0.05) is 29.5 Å². The molecule has 0 radical (unpaired) electrons. The van der Waals surface area contributed by atoms with Gasteiger partial charge in [-0.25, -0.2) is 4.98 Å². The Balaban J connectivity index is 1.82. The number of carbonyl (C=O) groups is 1. The maximum absolute atomic E-state index is 11.4. The fourth-order valence-electron chi connectivity index (χ4n) is 2.89. The number of hydrogen-bond acceptors (Lipinski definition) is 5. The molecule has 4 aromatic rings. The lowest BCUT2D eigenvalue weighted by molar-refractivity contribution is -0.117. The first-order chi connectivity index (χ1) is 13.2. The number of hydrogen-bond donors (Lipinski definition) is 1. The normalized spacial score (nSPS) is 10.7. The summed E-state index contributed by atoms with van der Waals surface area (Å²) in [6.07, 6.45) is 5.47. The molecule has 132 valence electrons. The summed E-state index contributed by atoms with van der Waals surface area (Å²) in [4.78, 5) is 24.6. The number of primary amides is 1. The first-order valence-corrected chi connectivity index (χ1v) is 9.27. The lowest BCUT2D eigenvalue weighted by Gasteiger charge is -2.10. The molecule has 4 rings (SSSR count). The van der Waals surface area contributed by atoms with Gasteiger partial charge in [0.1, 0.15) is 10.7 Å². The topological polar surface area (TPSA) is 81.8 Å². The van der Waals surface area contributed by atoms with E-state index in [-0.39, 0.29) is 12.3 Å². The molecule has 6 heteroatoms. The van der Waals surface area contributed by atoms with Gasteiger partial charge in [-0.3, -0.25) is 14.8 Å². The molecule has 3 heterocycles. The Morgan fingerprint density at radius 3 is 2.56 bits per heavy atom. The highest BCUT2D eigenvalue weighted by Crippen LogP contribution is 2.36. The van der Waals surface area contributed by atoms with Crippen LogP contribution in [0.3, 0.4) is 0 Å². The van der Waals surface area contributed by atoms with Crippen LogP contribution in [0.2, 0.25) is 0 Å². The smallest absolute Gasteiger partial charge is 0.221 e. The van der Waals surface area contributed by atoms with Crippen LogP contribution in [0, 0.1) is 0 Å². The molecule has 0 aliphatic carbocycles. The lowest BCUT2D eigenvalue weighted by atomic mass is 9.97. The fourth-order valence-corrected chi connectivity index (χ4v) is 3.74. The summed E-state index contributed by atoms with van der Waals surface area (Å²) in [5.74, 6) is -0.356. The van der Waals surface area contributed by atoms with Crippen LogP contribution in [0.25, 0.3) is 33.1 Å². The van der Waals surface area contributed by atoms with Crippen molar-refractivity contribution in [2.75, 3.05) is 0 Å². The molecule has 0 aliphatic heterocycles. The molecule has 27 heavy (non-hydrogen) atoms. The molecule has 0 fully saturated rings. The molecular formula is C21H16N4OS. The summed E-state index contributed by atoms with van der Waals surface area (Å²) in [6, 6.07) is 15.6. The minimum absolute atomic E-state index is 0.197. The summed E-state index contributed by atoms with van der Waals surface area (Å²) in [5.41, 5.74) is 10.9. The van der Waals surface area contributed by atoms with Crippen LogP contribution < -0.4 is 5.73 Å². The van der Waals surface area contributed by atoms with E-state index in [1.165, 1.54) is 0 Å². The van der Waals surface area contributed by atoms with Gasteiger partial charge in [0.25, 0.3) is 0 Å². The molecule has 2 N–H and O–H groups in total. The molecule has 1 aromatic carbocycles. The quantitative estimate of drug-likeness (QED) is 0.575. The van der Waals surface area contributed by atoms with Crippen LogP contribution >= 0.6 is 11.3 Å². The third-order valence-corrected chi connectivity index (χ3v) is 4.99. The van der Waals surface area contributed by atoms with Crippen molar-refractivity contribution in [3.05, 3.63) is 78.1 Å². The molecule has 0 atom stereocenters. The van der Waals surface area contributed by atoms with Crippen LogP contribution in [0.1, 0.15) is 5.56 Å². The Bertz CT molecular complexity index is 1080.